The Morgan fingerprint density at radius 1 is 1.16 bits per heavy atom. The third-order valence-corrected chi connectivity index (χ3v) is 5.20. The molecule has 3 atom stereocenters. The van der Waals surface area contributed by atoms with Crippen molar-refractivity contribution in [2.75, 3.05) is 11.9 Å². The number of rotatable bonds is 4. The van der Waals surface area contributed by atoms with Crippen LogP contribution in [0.2, 0.25) is 0 Å². The van der Waals surface area contributed by atoms with Gasteiger partial charge in [0.1, 0.15) is 5.82 Å². The zero-order valence-electron chi connectivity index (χ0n) is 13.8. The van der Waals surface area contributed by atoms with E-state index in [4.69, 9.17) is 4.74 Å². The predicted molar refractivity (Wildman–Crippen MR) is 92.4 cm³/mol. The van der Waals surface area contributed by atoms with Gasteiger partial charge in [-0.2, -0.15) is 0 Å². The standard InChI is InChI=1S/C19H20N4O2/c24-19(13-8-21-18(22-9-13)12-1-2-12)23-14-5-3-11(4-6-14)17-16-7-15(25-17)10-20-16/h3-6,8-9,12,15-17,20H,1-2,7,10H2,(H,23,24)/t15-,16-,17+/m1/s1. The molecule has 1 aromatic carbocycles. The van der Waals surface area contributed by atoms with Crippen molar-refractivity contribution in [1.29, 1.82) is 0 Å². The maximum atomic E-state index is 12.3. The third-order valence-electron chi connectivity index (χ3n) is 5.20. The molecule has 3 heterocycles. The van der Waals surface area contributed by atoms with Crippen LogP contribution in [-0.4, -0.2) is 34.6 Å². The first-order valence-electron chi connectivity index (χ1n) is 8.88. The lowest BCUT2D eigenvalue weighted by Gasteiger charge is -2.23. The molecule has 2 aromatic rings. The van der Waals surface area contributed by atoms with E-state index in [1.807, 2.05) is 24.3 Å². The SMILES string of the molecule is O=C(Nc1ccc([C@@H]2O[C@H]3CN[C@@H]2C3)cc1)c1cnc(C2CC2)nc1. The first-order chi connectivity index (χ1) is 12.3. The Morgan fingerprint density at radius 3 is 2.52 bits per heavy atom. The molecule has 3 fully saturated rings. The Hall–Kier alpha value is -2.31. The molecule has 25 heavy (non-hydrogen) atoms. The fourth-order valence-corrected chi connectivity index (χ4v) is 3.65. The van der Waals surface area contributed by atoms with Crippen LogP contribution in [0.25, 0.3) is 0 Å². The molecule has 128 valence electrons. The molecule has 2 N–H and O–H groups in total. The van der Waals surface area contributed by atoms with Crippen molar-refractivity contribution < 1.29 is 9.53 Å². The van der Waals surface area contributed by atoms with Crippen LogP contribution in [-0.2, 0) is 4.74 Å². The first kappa shape index (κ1) is 15.0. The van der Waals surface area contributed by atoms with Crippen LogP contribution in [0.15, 0.2) is 36.7 Å². The fourth-order valence-electron chi connectivity index (χ4n) is 3.65. The van der Waals surface area contributed by atoms with Gasteiger partial charge in [-0.1, -0.05) is 12.1 Å². The number of hydrogen-bond donors (Lipinski definition) is 2. The highest BCUT2D eigenvalue weighted by molar-refractivity contribution is 6.03. The maximum absolute atomic E-state index is 12.3. The highest BCUT2D eigenvalue weighted by Gasteiger charge is 2.41. The lowest BCUT2D eigenvalue weighted by atomic mass is 10.0. The summed E-state index contributed by atoms with van der Waals surface area (Å²) in [5, 5.41) is 6.38. The van der Waals surface area contributed by atoms with E-state index in [9.17, 15) is 4.79 Å². The minimum absolute atomic E-state index is 0.117. The summed E-state index contributed by atoms with van der Waals surface area (Å²) in [4.78, 5) is 20.9. The molecule has 2 saturated heterocycles. The number of amides is 1. The monoisotopic (exact) mass is 336 g/mol. The quantitative estimate of drug-likeness (QED) is 0.897. The number of benzene rings is 1. The second-order valence-corrected chi connectivity index (χ2v) is 7.11. The molecule has 2 bridgehead atoms. The third kappa shape index (κ3) is 2.92. The summed E-state index contributed by atoms with van der Waals surface area (Å²) in [6, 6.07) is 8.29. The van der Waals surface area contributed by atoms with E-state index in [2.05, 4.69) is 20.6 Å². The molecule has 6 heteroatoms. The van der Waals surface area contributed by atoms with Gasteiger partial charge in [-0.25, -0.2) is 9.97 Å². The summed E-state index contributed by atoms with van der Waals surface area (Å²) >= 11 is 0. The molecule has 0 unspecified atom stereocenters. The Labute approximate surface area is 146 Å². The number of nitrogens with one attached hydrogen (secondary N) is 2. The minimum Gasteiger partial charge on any atom is -0.367 e. The van der Waals surface area contributed by atoms with Crippen molar-refractivity contribution in [2.24, 2.45) is 0 Å². The lowest BCUT2D eigenvalue weighted by Crippen LogP contribution is -2.33. The second-order valence-electron chi connectivity index (χ2n) is 7.11. The Bertz CT molecular complexity index is 786. The van der Waals surface area contributed by atoms with Gasteiger partial charge in [0.15, 0.2) is 0 Å². The lowest BCUT2D eigenvalue weighted by molar-refractivity contribution is 0.0160. The Balaban J connectivity index is 1.25. The van der Waals surface area contributed by atoms with Crippen molar-refractivity contribution in [1.82, 2.24) is 15.3 Å². The molecule has 3 aliphatic rings. The fraction of sp³-hybridized carbons (Fsp3) is 0.421. The van der Waals surface area contributed by atoms with Gasteiger partial charge < -0.3 is 15.4 Å². The molecule has 1 saturated carbocycles. The summed E-state index contributed by atoms with van der Waals surface area (Å²) in [6.07, 6.45) is 7.07. The molecular formula is C19H20N4O2. The number of aromatic nitrogens is 2. The van der Waals surface area contributed by atoms with E-state index in [1.54, 1.807) is 12.4 Å². The van der Waals surface area contributed by atoms with Crippen molar-refractivity contribution in [3.63, 3.8) is 0 Å². The topological polar surface area (TPSA) is 76.1 Å². The minimum atomic E-state index is -0.187. The van der Waals surface area contributed by atoms with E-state index in [1.165, 1.54) is 0 Å². The number of morpholine rings is 1. The van der Waals surface area contributed by atoms with Gasteiger partial charge in [0, 0.05) is 36.6 Å². The molecular weight excluding hydrogens is 316 g/mol. The molecule has 0 radical (unpaired) electrons. The van der Waals surface area contributed by atoms with Crippen LogP contribution in [0, 0.1) is 0 Å². The largest absolute Gasteiger partial charge is 0.367 e. The number of ether oxygens (including phenoxy) is 1. The van der Waals surface area contributed by atoms with Gasteiger partial charge in [-0.05, 0) is 37.0 Å². The summed E-state index contributed by atoms with van der Waals surface area (Å²) in [6.45, 7) is 0.955. The van der Waals surface area contributed by atoms with Gasteiger partial charge >= 0.3 is 0 Å². The number of anilines is 1. The zero-order chi connectivity index (χ0) is 16.8. The summed E-state index contributed by atoms with van der Waals surface area (Å²) in [7, 11) is 0. The number of fused-ring (bicyclic) bond motifs is 2. The van der Waals surface area contributed by atoms with E-state index in [-0.39, 0.29) is 12.0 Å². The average Bonchev–Trinajstić information content (AvgIpc) is 3.29. The van der Waals surface area contributed by atoms with Gasteiger partial charge in [0.25, 0.3) is 5.91 Å². The van der Waals surface area contributed by atoms with Crippen LogP contribution in [0.4, 0.5) is 5.69 Å². The van der Waals surface area contributed by atoms with Gasteiger partial charge in [-0.3, -0.25) is 4.79 Å². The van der Waals surface area contributed by atoms with Crippen molar-refractivity contribution in [3.05, 3.63) is 53.6 Å². The van der Waals surface area contributed by atoms with E-state index in [0.717, 1.165) is 42.9 Å². The highest BCUT2D eigenvalue weighted by atomic mass is 16.5. The molecule has 2 aliphatic heterocycles. The Kier molecular flexibility index (Phi) is 3.53. The van der Waals surface area contributed by atoms with Crippen LogP contribution in [0.3, 0.4) is 0 Å². The normalized spacial score (nSPS) is 27.4. The molecule has 0 spiro atoms. The van der Waals surface area contributed by atoms with Crippen molar-refractivity contribution in [2.45, 2.75) is 43.4 Å². The average molecular weight is 336 g/mol. The van der Waals surface area contributed by atoms with Gasteiger partial charge in [0.05, 0.1) is 17.8 Å². The smallest absolute Gasteiger partial charge is 0.258 e. The highest BCUT2D eigenvalue weighted by Crippen LogP contribution is 2.38. The van der Waals surface area contributed by atoms with E-state index >= 15 is 0 Å². The predicted octanol–water partition coefficient (Wildman–Crippen LogP) is 2.41. The zero-order valence-corrected chi connectivity index (χ0v) is 13.8. The van der Waals surface area contributed by atoms with Crippen LogP contribution in [0.1, 0.15) is 53.0 Å². The molecule has 6 nitrogen and oxygen atoms in total. The van der Waals surface area contributed by atoms with Gasteiger partial charge in [-0.15, -0.1) is 0 Å². The van der Waals surface area contributed by atoms with Crippen LogP contribution in [0.5, 0.6) is 0 Å². The Morgan fingerprint density at radius 2 is 1.92 bits per heavy atom. The molecule has 1 aliphatic carbocycles. The van der Waals surface area contributed by atoms with Crippen LogP contribution < -0.4 is 10.6 Å². The summed E-state index contributed by atoms with van der Waals surface area (Å²) < 4.78 is 6.01. The number of carbonyl (C=O) groups is 1. The van der Waals surface area contributed by atoms with Crippen molar-refractivity contribution in [3.8, 4) is 0 Å². The summed E-state index contributed by atoms with van der Waals surface area (Å²) in [5.41, 5.74) is 2.39. The van der Waals surface area contributed by atoms with Crippen LogP contribution >= 0.6 is 0 Å². The summed E-state index contributed by atoms with van der Waals surface area (Å²) in [5.74, 6) is 1.15. The molecule has 1 aromatic heterocycles. The van der Waals surface area contributed by atoms with Gasteiger partial charge in [0.2, 0.25) is 0 Å². The van der Waals surface area contributed by atoms with Crippen molar-refractivity contribution >= 4 is 11.6 Å². The number of carbonyl (C=O) groups excluding carboxylic acids is 1. The molecule has 1 amide bonds. The number of hydrogen-bond acceptors (Lipinski definition) is 5. The maximum Gasteiger partial charge on any atom is 0.258 e. The van der Waals surface area contributed by atoms with E-state index in [0.29, 0.717) is 23.6 Å². The first-order valence-corrected chi connectivity index (χ1v) is 8.88. The second kappa shape index (κ2) is 5.89. The molecule has 5 rings (SSSR count). The number of nitrogens with zero attached hydrogens (tertiary/aromatic N) is 2. The van der Waals surface area contributed by atoms with E-state index < -0.39 is 0 Å².